The quantitative estimate of drug-likeness (QED) is 0.478. The minimum absolute atomic E-state index is 0.0472. The second kappa shape index (κ2) is 7.52. The number of fused-ring (bicyclic) bond motifs is 3. The number of hydrogen-bond acceptors (Lipinski definition) is 4. The van der Waals surface area contributed by atoms with E-state index in [2.05, 4.69) is 52.0 Å². The third-order valence-electron chi connectivity index (χ3n) is 5.39. The number of pyridine rings is 1. The summed E-state index contributed by atoms with van der Waals surface area (Å²) in [4.78, 5) is 12.6. The van der Waals surface area contributed by atoms with Gasteiger partial charge >= 0.3 is 0 Å². The average Bonchev–Trinajstić information content (AvgIpc) is 3.11. The molecule has 0 unspecified atom stereocenters. The number of carbonyl (C=O) groups is 1. The summed E-state index contributed by atoms with van der Waals surface area (Å²) in [5.41, 5.74) is 8.44. The number of para-hydroxylation sites is 1. The van der Waals surface area contributed by atoms with Crippen LogP contribution in [0, 0.1) is 34.6 Å². The summed E-state index contributed by atoms with van der Waals surface area (Å²) in [5.74, 6) is 0.225. The van der Waals surface area contributed by atoms with E-state index < -0.39 is 0 Å². The highest BCUT2D eigenvalue weighted by molar-refractivity contribution is 7.99. The van der Waals surface area contributed by atoms with Crippen LogP contribution in [0.3, 0.4) is 0 Å². The van der Waals surface area contributed by atoms with Crippen LogP contribution < -0.4 is 5.32 Å². The Labute approximate surface area is 174 Å². The number of aromatic nitrogens is 3. The summed E-state index contributed by atoms with van der Waals surface area (Å²) in [6.45, 7) is 10.3. The van der Waals surface area contributed by atoms with E-state index in [1.807, 2.05) is 39.0 Å². The number of nitrogens with one attached hydrogen (secondary N) is 1. The van der Waals surface area contributed by atoms with E-state index in [-0.39, 0.29) is 11.7 Å². The summed E-state index contributed by atoms with van der Waals surface area (Å²) in [7, 11) is 0. The largest absolute Gasteiger partial charge is 0.325 e. The van der Waals surface area contributed by atoms with Gasteiger partial charge in [-0.3, -0.25) is 9.20 Å². The van der Waals surface area contributed by atoms with Gasteiger partial charge in [-0.2, -0.15) is 0 Å². The number of hydrogen-bond donors (Lipinski definition) is 1. The van der Waals surface area contributed by atoms with Gasteiger partial charge in [-0.1, -0.05) is 42.1 Å². The van der Waals surface area contributed by atoms with Gasteiger partial charge < -0.3 is 5.32 Å². The monoisotopic (exact) mass is 404 g/mol. The van der Waals surface area contributed by atoms with Gasteiger partial charge in [0.1, 0.15) is 0 Å². The first-order valence-corrected chi connectivity index (χ1v) is 10.6. The zero-order chi connectivity index (χ0) is 20.7. The Balaban J connectivity index is 1.67. The summed E-state index contributed by atoms with van der Waals surface area (Å²) in [5, 5.41) is 13.7. The molecule has 29 heavy (non-hydrogen) atoms. The Hall–Kier alpha value is -2.86. The molecule has 148 valence electrons. The molecule has 0 aliphatic rings. The molecule has 0 spiro atoms. The van der Waals surface area contributed by atoms with Crippen molar-refractivity contribution in [1.82, 2.24) is 14.6 Å². The van der Waals surface area contributed by atoms with Gasteiger partial charge in [-0.25, -0.2) is 0 Å². The van der Waals surface area contributed by atoms with Gasteiger partial charge in [0.05, 0.1) is 11.3 Å². The van der Waals surface area contributed by atoms with Crippen LogP contribution in [0.15, 0.2) is 41.6 Å². The lowest BCUT2D eigenvalue weighted by atomic mass is 10.0. The number of anilines is 1. The second-order valence-electron chi connectivity index (χ2n) is 7.52. The summed E-state index contributed by atoms with van der Waals surface area (Å²) in [6, 6.07) is 12.4. The Morgan fingerprint density at radius 3 is 2.41 bits per heavy atom. The predicted molar refractivity (Wildman–Crippen MR) is 120 cm³/mol. The van der Waals surface area contributed by atoms with Gasteiger partial charge in [0.2, 0.25) is 5.91 Å². The highest BCUT2D eigenvalue weighted by Crippen LogP contribution is 2.29. The molecule has 1 amide bonds. The minimum atomic E-state index is -0.0472. The first-order valence-electron chi connectivity index (χ1n) is 9.60. The van der Waals surface area contributed by atoms with Crippen molar-refractivity contribution in [1.29, 1.82) is 0 Å². The fourth-order valence-electron chi connectivity index (χ4n) is 3.67. The molecule has 2 aromatic carbocycles. The first-order chi connectivity index (χ1) is 13.9. The molecule has 2 heterocycles. The maximum absolute atomic E-state index is 12.6. The standard InChI is InChI=1S/C23H24N4OS/c1-13-9-10-18-11-16(4)22-25-26-23(27(22)21(18)17(13)5)29-12-19(28)24-20-14(2)7-6-8-15(20)3/h6-11H,12H2,1-5H3,(H,24,28). The summed E-state index contributed by atoms with van der Waals surface area (Å²) in [6.07, 6.45) is 0. The number of nitrogens with zero attached hydrogens (tertiary/aromatic N) is 3. The van der Waals surface area contributed by atoms with Crippen LogP contribution in [-0.4, -0.2) is 26.3 Å². The van der Waals surface area contributed by atoms with Crippen molar-refractivity contribution < 1.29 is 4.79 Å². The lowest BCUT2D eigenvalue weighted by molar-refractivity contribution is -0.113. The average molecular weight is 405 g/mol. The molecule has 2 aromatic heterocycles. The molecule has 0 saturated heterocycles. The highest BCUT2D eigenvalue weighted by Gasteiger charge is 2.16. The Morgan fingerprint density at radius 1 is 0.966 bits per heavy atom. The molecule has 4 rings (SSSR count). The SMILES string of the molecule is Cc1cccc(C)c1NC(=O)CSc1nnc2c(C)cc3ccc(C)c(C)c3n12. The molecule has 0 radical (unpaired) electrons. The van der Waals surface area contributed by atoms with Gasteiger partial charge in [0.15, 0.2) is 10.8 Å². The molecule has 4 aromatic rings. The van der Waals surface area contributed by atoms with Gasteiger partial charge in [-0.05, 0) is 73.9 Å². The van der Waals surface area contributed by atoms with Crippen LogP contribution in [0.2, 0.25) is 0 Å². The maximum Gasteiger partial charge on any atom is 0.234 e. The normalized spacial score (nSPS) is 11.3. The van der Waals surface area contributed by atoms with E-state index in [1.54, 1.807) is 0 Å². The summed E-state index contributed by atoms with van der Waals surface area (Å²) >= 11 is 1.41. The smallest absolute Gasteiger partial charge is 0.234 e. The van der Waals surface area contributed by atoms with E-state index in [0.29, 0.717) is 0 Å². The van der Waals surface area contributed by atoms with Crippen molar-refractivity contribution in [3.8, 4) is 0 Å². The van der Waals surface area contributed by atoms with Crippen molar-refractivity contribution in [3.05, 3.63) is 64.2 Å². The first kappa shape index (κ1) is 19.5. The van der Waals surface area contributed by atoms with Crippen molar-refractivity contribution in [2.75, 3.05) is 11.1 Å². The molecule has 0 bridgehead atoms. The van der Waals surface area contributed by atoms with Crippen LogP contribution in [0.25, 0.3) is 16.6 Å². The molecule has 6 heteroatoms. The van der Waals surface area contributed by atoms with E-state index >= 15 is 0 Å². The number of carbonyl (C=O) groups excluding carboxylic acids is 1. The van der Waals surface area contributed by atoms with Gasteiger partial charge in [0.25, 0.3) is 0 Å². The summed E-state index contributed by atoms with van der Waals surface area (Å²) < 4.78 is 2.09. The fraction of sp³-hybridized carbons (Fsp3) is 0.261. The third kappa shape index (κ3) is 3.49. The number of rotatable bonds is 4. The predicted octanol–water partition coefficient (Wildman–Crippen LogP) is 5.16. The van der Waals surface area contributed by atoms with Crippen molar-refractivity contribution in [2.45, 2.75) is 39.8 Å². The van der Waals surface area contributed by atoms with E-state index in [4.69, 9.17) is 0 Å². The molecule has 1 N–H and O–H groups in total. The zero-order valence-electron chi connectivity index (χ0n) is 17.3. The third-order valence-corrected chi connectivity index (χ3v) is 6.32. The Bertz CT molecular complexity index is 1240. The van der Waals surface area contributed by atoms with Crippen molar-refractivity contribution in [3.63, 3.8) is 0 Å². The molecule has 0 saturated carbocycles. The molecule has 0 aliphatic carbocycles. The van der Waals surface area contributed by atoms with Gasteiger partial charge in [-0.15, -0.1) is 10.2 Å². The van der Waals surface area contributed by atoms with Crippen LogP contribution in [0.5, 0.6) is 0 Å². The Morgan fingerprint density at radius 2 is 1.69 bits per heavy atom. The van der Waals surface area contributed by atoms with Crippen LogP contribution in [-0.2, 0) is 4.79 Å². The number of thioether (sulfide) groups is 1. The van der Waals surface area contributed by atoms with Crippen LogP contribution >= 0.6 is 11.8 Å². The lowest BCUT2D eigenvalue weighted by Crippen LogP contribution is -2.16. The van der Waals surface area contributed by atoms with E-state index in [1.165, 1.54) is 22.9 Å². The lowest BCUT2D eigenvalue weighted by Gasteiger charge is -2.12. The molecular formula is C23H24N4OS. The van der Waals surface area contributed by atoms with Crippen molar-refractivity contribution in [2.24, 2.45) is 0 Å². The van der Waals surface area contributed by atoms with E-state index in [9.17, 15) is 4.79 Å². The number of benzene rings is 2. The zero-order valence-corrected chi connectivity index (χ0v) is 18.1. The van der Waals surface area contributed by atoms with Gasteiger partial charge in [0, 0.05) is 5.69 Å². The number of amides is 1. The topological polar surface area (TPSA) is 59.3 Å². The molecule has 0 aliphatic heterocycles. The number of aryl methyl sites for hydroxylation is 5. The molecule has 0 fully saturated rings. The highest BCUT2D eigenvalue weighted by atomic mass is 32.2. The molecule has 0 atom stereocenters. The van der Waals surface area contributed by atoms with Crippen LogP contribution in [0.4, 0.5) is 5.69 Å². The molecule has 5 nitrogen and oxygen atoms in total. The maximum atomic E-state index is 12.6. The van der Waals surface area contributed by atoms with E-state index in [0.717, 1.165) is 44.1 Å². The van der Waals surface area contributed by atoms with Crippen molar-refractivity contribution >= 4 is 39.9 Å². The fourth-order valence-corrected chi connectivity index (χ4v) is 4.41. The second-order valence-corrected chi connectivity index (χ2v) is 8.46. The minimum Gasteiger partial charge on any atom is -0.325 e. The van der Waals surface area contributed by atoms with Crippen LogP contribution in [0.1, 0.15) is 27.8 Å². The Kier molecular flexibility index (Phi) is 5.04. The molecular weight excluding hydrogens is 380 g/mol.